The molecule has 3 rings (SSSR count). The molecule has 1 fully saturated rings. The van der Waals surface area contributed by atoms with Crippen molar-refractivity contribution in [3.8, 4) is 0 Å². The average Bonchev–Trinajstić information content (AvgIpc) is 2.66. The molecule has 8 heteroatoms. The van der Waals surface area contributed by atoms with E-state index in [-0.39, 0.29) is 38.2 Å². The number of nitrogens with zero attached hydrogens (tertiary/aromatic N) is 1. The second-order valence-electron chi connectivity index (χ2n) is 6.45. The molecule has 0 bridgehead atoms. The van der Waals surface area contributed by atoms with Crippen molar-refractivity contribution < 1.29 is 4.79 Å². The molecule has 1 saturated heterocycles. The first kappa shape index (κ1) is 20.6. The minimum Gasteiger partial charge on any atom is -0.382 e. The van der Waals surface area contributed by atoms with Gasteiger partial charge in [-0.1, -0.05) is 64.6 Å². The Labute approximate surface area is 178 Å². The third kappa shape index (κ3) is 5.43. The Bertz CT molecular complexity index is 782. The van der Waals surface area contributed by atoms with Crippen LogP contribution >= 0.6 is 46.4 Å². The molecule has 0 radical (unpaired) electrons. The second-order valence-corrected chi connectivity index (χ2v) is 8.02. The van der Waals surface area contributed by atoms with Crippen LogP contribution in [0.4, 0.5) is 11.4 Å². The first-order valence-electron chi connectivity index (χ1n) is 8.61. The van der Waals surface area contributed by atoms with Crippen molar-refractivity contribution in [3.05, 3.63) is 56.5 Å². The maximum atomic E-state index is 12.4. The Morgan fingerprint density at radius 2 is 1.59 bits per heavy atom. The van der Waals surface area contributed by atoms with Crippen molar-refractivity contribution in [1.82, 2.24) is 4.90 Å². The highest BCUT2D eigenvalue weighted by atomic mass is 35.5. The lowest BCUT2D eigenvalue weighted by atomic mass is 10.0. The van der Waals surface area contributed by atoms with Crippen molar-refractivity contribution in [3.63, 3.8) is 0 Å². The molecule has 0 unspecified atom stereocenters. The maximum Gasteiger partial charge on any atom is 0.238 e. The predicted molar refractivity (Wildman–Crippen MR) is 115 cm³/mol. The predicted octanol–water partition coefficient (Wildman–Crippen LogP) is 5.82. The van der Waals surface area contributed by atoms with Gasteiger partial charge in [-0.15, -0.1) is 0 Å². The van der Waals surface area contributed by atoms with Crippen LogP contribution in [0.15, 0.2) is 36.4 Å². The highest BCUT2D eigenvalue weighted by molar-refractivity contribution is 6.50. The summed E-state index contributed by atoms with van der Waals surface area (Å²) in [5.74, 6) is -0.202. The number of benzene rings is 2. The first-order chi connectivity index (χ1) is 12.9. The van der Waals surface area contributed by atoms with Crippen LogP contribution in [0.3, 0.4) is 0 Å². The Kier molecular flexibility index (Phi) is 7.12. The Morgan fingerprint density at radius 1 is 1.00 bits per heavy atom. The second kappa shape index (κ2) is 9.35. The Morgan fingerprint density at radius 3 is 2.19 bits per heavy atom. The monoisotopic (exact) mass is 445 g/mol. The van der Waals surface area contributed by atoms with E-state index >= 15 is 0 Å². The molecule has 2 aromatic rings. The van der Waals surface area contributed by atoms with E-state index in [0.29, 0.717) is 6.04 Å². The molecular weight excluding hydrogens is 428 g/mol. The lowest BCUT2D eigenvalue weighted by molar-refractivity contribution is -0.117. The van der Waals surface area contributed by atoms with Crippen molar-refractivity contribution in [2.45, 2.75) is 18.9 Å². The lowest BCUT2D eigenvalue weighted by Crippen LogP contribution is -2.42. The zero-order valence-electron chi connectivity index (χ0n) is 14.4. The van der Waals surface area contributed by atoms with Gasteiger partial charge in [0.05, 0.1) is 32.3 Å². The van der Waals surface area contributed by atoms with Crippen molar-refractivity contribution in [1.29, 1.82) is 0 Å². The summed E-state index contributed by atoms with van der Waals surface area (Å²) in [6.45, 7) is 1.92. The molecule has 0 aromatic heterocycles. The van der Waals surface area contributed by atoms with E-state index in [4.69, 9.17) is 46.4 Å². The van der Waals surface area contributed by atoms with Crippen LogP contribution in [-0.2, 0) is 4.79 Å². The van der Waals surface area contributed by atoms with Gasteiger partial charge >= 0.3 is 0 Å². The van der Waals surface area contributed by atoms with Crippen LogP contribution in [0.1, 0.15) is 12.8 Å². The summed E-state index contributed by atoms with van der Waals surface area (Å²) in [5, 5.41) is 7.12. The van der Waals surface area contributed by atoms with Gasteiger partial charge < -0.3 is 10.6 Å². The molecule has 144 valence electrons. The molecule has 0 aliphatic carbocycles. The number of likely N-dealkylation sites (tertiary alicyclic amines) is 1. The fourth-order valence-electron chi connectivity index (χ4n) is 3.07. The molecule has 2 N–H and O–H groups in total. The molecule has 1 aliphatic rings. The van der Waals surface area contributed by atoms with E-state index in [1.807, 2.05) is 18.2 Å². The van der Waals surface area contributed by atoms with Crippen molar-refractivity contribution in [2.24, 2.45) is 0 Å². The summed E-state index contributed by atoms with van der Waals surface area (Å²) in [5.41, 5.74) is 1.37. The van der Waals surface area contributed by atoms with Gasteiger partial charge in [0, 0.05) is 24.8 Å². The topological polar surface area (TPSA) is 44.4 Å². The van der Waals surface area contributed by atoms with Crippen molar-refractivity contribution in [2.75, 3.05) is 30.3 Å². The fraction of sp³-hybridized carbons (Fsp3) is 0.316. The molecule has 1 aliphatic heterocycles. The zero-order chi connectivity index (χ0) is 19.4. The van der Waals surface area contributed by atoms with E-state index in [9.17, 15) is 4.79 Å². The number of carbonyl (C=O) groups excluding carboxylic acids is 1. The molecule has 1 heterocycles. The first-order valence-corrected chi connectivity index (χ1v) is 10.1. The molecule has 4 nitrogen and oxygen atoms in total. The lowest BCUT2D eigenvalue weighted by Gasteiger charge is -2.32. The van der Waals surface area contributed by atoms with Crippen LogP contribution in [0.2, 0.25) is 20.1 Å². The van der Waals surface area contributed by atoms with Gasteiger partial charge in [0.25, 0.3) is 0 Å². The van der Waals surface area contributed by atoms with E-state index in [2.05, 4.69) is 27.7 Å². The van der Waals surface area contributed by atoms with Gasteiger partial charge in [0.15, 0.2) is 0 Å². The van der Waals surface area contributed by atoms with E-state index in [1.54, 1.807) is 0 Å². The standard InChI is InChI=1S/C19H19Cl4N3O/c20-14-10-15(21)18(23)19(17(14)22)25-16(27)11-26-8-6-13(7-9-26)24-12-4-2-1-3-5-12/h1-5,10,13,24H,6-9,11H2,(H,25,27). The van der Waals surface area contributed by atoms with Crippen LogP contribution in [0.5, 0.6) is 0 Å². The average molecular weight is 447 g/mol. The van der Waals surface area contributed by atoms with Crippen molar-refractivity contribution >= 4 is 63.7 Å². The molecule has 1 amide bonds. The summed E-state index contributed by atoms with van der Waals surface area (Å²) in [6, 6.07) is 12.0. The smallest absolute Gasteiger partial charge is 0.238 e. The van der Waals surface area contributed by atoms with E-state index in [1.165, 1.54) is 6.07 Å². The summed E-state index contributed by atoms with van der Waals surface area (Å²) in [6.07, 6.45) is 1.93. The van der Waals surface area contributed by atoms with Crippen LogP contribution in [0.25, 0.3) is 0 Å². The van der Waals surface area contributed by atoms with Gasteiger partial charge in [0.2, 0.25) is 5.91 Å². The highest BCUT2D eigenvalue weighted by Crippen LogP contribution is 2.41. The van der Waals surface area contributed by atoms with E-state index < -0.39 is 0 Å². The highest BCUT2D eigenvalue weighted by Gasteiger charge is 2.22. The summed E-state index contributed by atoms with van der Waals surface area (Å²) in [4.78, 5) is 14.5. The number of rotatable bonds is 5. The maximum absolute atomic E-state index is 12.4. The van der Waals surface area contributed by atoms with Gasteiger partial charge in [-0.3, -0.25) is 9.69 Å². The number of piperidine rings is 1. The number of para-hydroxylation sites is 1. The molecule has 0 saturated carbocycles. The quantitative estimate of drug-likeness (QED) is 0.569. The summed E-state index contributed by atoms with van der Waals surface area (Å²) < 4.78 is 0. The molecular formula is C19H19Cl4N3O. The minimum atomic E-state index is -0.202. The minimum absolute atomic E-state index is 0.185. The van der Waals surface area contributed by atoms with Crippen LogP contribution in [-0.4, -0.2) is 36.5 Å². The molecule has 2 aromatic carbocycles. The van der Waals surface area contributed by atoms with Crippen LogP contribution < -0.4 is 10.6 Å². The summed E-state index contributed by atoms with van der Waals surface area (Å²) >= 11 is 24.3. The third-order valence-electron chi connectivity index (χ3n) is 4.48. The summed E-state index contributed by atoms with van der Waals surface area (Å²) in [7, 11) is 0. The number of hydrogen-bond donors (Lipinski definition) is 2. The fourth-order valence-corrected chi connectivity index (χ4v) is 3.97. The van der Waals surface area contributed by atoms with Gasteiger partial charge in [-0.25, -0.2) is 0 Å². The number of anilines is 2. The number of amides is 1. The van der Waals surface area contributed by atoms with Gasteiger partial charge in [0.1, 0.15) is 0 Å². The number of carbonyl (C=O) groups is 1. The molecule has 0 spiro atoms. The Hall–Kier alpha value is -1.17. The Balaban J connectivity index is 1.52. The van der Waals surface area contributed by atoms with Gasteiger partial charge in [-0.05, 0) is 31.0 Å². The number of nitrogens with one attached hydrogen (secondary N) is 2. The SMILES string of the molecule is O=C(CN1CCC(Nc2ccccc2)CC1)Nc1c(Cl)c(Cl)cc(Cl)c1Cl. The number of halogens is 4. The third-order valence-corrected chi connectivity index (χ3v) is 6.05. The molecule has 27 heavy (non-hydrogen) atoms. The van der Waals surface area contributed by atoms with Gasteiger partial charge in [-0.2, -0.15) is 0 Å². The molecule has 0 atom stereocenters. The largest absolute Gasteiger partial charge is 0.382 e. The normalized spacial score (nSPS) is 15.6. The van der Waals surface area contributed by atoms with E-state index in [0.717, 1.165) is 31.6 Å². The zero-order valence-corrected chi connectivity index (χ0v) is 17.5. The van der Waals surface area contributed by atoms with Crippen LogP contribution in [0, 0.1) is 0 Å². The number of hydrogen-bond acceptors (Lipinski definition) is 3.